The number of alkyl halides is 3. The number of thioether (sulfide) groups is 2. The van der Waals surface area contributed by atoms with Crippen molar-refractivity contribution < 1.29 is 41.1 Å². The molecule has 1 unspecified atom stereocenters. The van der Waals surface area contributed by atoms with Crippen LogP contribution in [0.3, 0.4) is 0 Å². The van der Waals surface area contributed by atoms with E-state index >= 15 is 0 Å². The van der Waals surface area contributed by atoms with Gasteiger partial charge in [0.1, 0.15) is 27.9 Å². The number of carboxylic acids is 1. The number of sulfone groups is 1. The van der Waals surface area contributed by atoms with E-state index in [1.54, 1.807) is 6.92 Å². The van der Waals surface area contributed by atoms with E-state index in [0.29, 0.717) is 9.91 Å². The van der Waals surface area contributed by atoms with Crippen LogP contribution < -0.4 is 5.32 Å². The summed E-state index contributed by atoms with van der Waals surface area (Å²) >= 11 is 3.71. The van der Waals surface area contributed by atoms with Crippen molar-refractivity contribution in [2.75, 3.05) is 23.9 Å². The number of rotatable bonds is 9. The Morgan fingerprint density at radius 2 is 2.06 bits per heavy atom. The van der Waals surface area contributed by atoms with E-state index in [9.17, 15) is 41.1 Å². The second-order valence-electron chi connectivity index (χ2n) is 6.62. The molecule has 1 aromatic rings. The van der Waals surface area contributed by atoms with Crippen molar-refractivity contribution >= 4 is 62.5 Å². The molecule has 176 valence electrons. The molecule has 2 aliphatic heterocycles. The molecule has 3 rings (SSSR count). The third kappa shape index (κ3) is 4.74. The van der Waals surface area contributed by atoms with Gasteiger partial charge in [-0.25, -0.2) is 17.6 Å². The highest BCUT2D eigenvalue weighted by Crippen LogP contribution is 2.41. The molecule has 1 aromatic heterocycles. The van der Waals surface area contributed by atoms with Gasteiger partial charge in [-0.2, -0.15) is 8.78 Å². The van der Waals surface area contributed by atoms with Crippen molar-refractivity contribution in [3.05, 3.63) is 16.3 Å². The summed E-state index contributed by atoms with van der Waals surface area (Å²) in [6.45, 7) is -0.719. The van der Waals surface area contributed by atoms with Crippen LogP contribution in [0.4, 0.5) is 13.2 Å². The molecule has 1 fully saturated rings. The van der Waals surface area contributed by atoms with Crippen LogP contribution in [0.1, 0.15) is 5.01 Å². The van der Waals surface area contributed by atoms with Gasteiger partial charge in [-0.15, -0.1) is 22.0 Å². The highest BCUT2D eigenvalue weighted by Gasteiger charge is 2.55. The van der Waals surface area contributed by atoms with Gasteiger partial charge in [0.15, 0.2) is 11.0 Å². The number of amides is 2. The van der Waals surface area contributed by atoms with Crippen molar-refractivity contribution in [3.8, 4) is 0 Å². The molecule has 0 radical (unpaired) electrons. The van der Waals surface area contributed by atoms with E-state index in [0.717, 1.165) is 21.7 Å². The molecule has 32 heavy (non-hydrogen) atoms. The van der Waals surface area contributed by atoms with Gasteiger partial charge in [-0.3, -0.25) is 14.5 Å². The summed E-state index contributed by atoms with van der Waals surface area (Å²) in [5.74, 6) is -4.88. The average Bonchev–Trinajstić information content (AvgIpc) is 3.14. The first-order valence-corrected chi connectivity index (χ1v) is 13.2. The van der Waals surface area contributed by atoms with Gasteiger partial charge in [-0.1, -0.05) is 23.1 Å². The number of carbonyl (C=O) groups excluding carboxylic acids is 2. The Hall–Kier alpha value is -1.85. The van der Waals surface area contributed by atoms with Crippen LogP contribution >= 0.6 is 34.9 Å². The maximum atomic E-state index is 13.1. The van der Waals surface area contributed by atoms with Crippen LogP contribution in [-0.4, -0.2) is 87.0 Å². The number of halogens is 3. The van der Waals surface area contributed by atoms with Crippen molar-refractivity contribution in [1.29, 1.82) is 0 Å². The van der Waals surface area contributed by atoms with Gasteiger partial charge in [0.05, 0.1) is 0 Å². The minimum absolute atomic E-state index is 0.200. The lowest BCUT2D eigenvalue weighted by atomic mass is 10.0. The number of hydrogen-bond donors (Lipinski definition) is 2. The van der Waals surface area contributed by atoms with Crippen LogP contribution in [0.5, 0.6) is 0 Å². The highest BCUT2D eigenvalue weighted by atomic mass is 32.2. The SMILES string of the molecule is Cc1nnc(SCC2=C(C(=O)O)N3C(=O)C(NC(=O)CS(=O)(=O)C(F)(F)CF)[C@@H]3SC2)s1. The lowest BCUT2D eigenvalue weighted by Crippen LogP contribution is -2.71. The van der Waals surface area contributed by atoms with Gasteiger partial charge in [-0.05, 0) is 12.5 Å². The molecular weight excluding hydrogens is 517 g/mol. The molecule has 0 bridgehead atoms. The summed E-state index contributed by atoms with van der Waals surface area (Å²) in [4.78, 5) is 37.2. The molecule has 1 saturated heterocycles. The van der Waals surface area contributed by atoms with Crippen LogP contribution in [0, 0.1) is 6.92 Å². The molecule has 2 atom stereocenters. The molecule has 0 aromatic carbocycles. The molecule has 10 nitrogen and oxygen atoms in total. The predicted molar refractivity (Wildman–Crippen MR) is 110 cm³/mol. The number of aromatic nitrogens is 2. The number of hydrogen-bond acceptors (Lipinski definition) is 10. The van der Waals surface area contributed by atoms with E-state index < -0.39 is 56.7 Å². The second-order valence-corrected chi connectivity index (χ2v) is 12.2. The summed E-state index contributed by atoms with van der Waals surface area (Å²) in [7, 11) is -5.42. The van der Waals surface area contributed by atoms with Gasteiger partial charge in [0.2, 0.25) is 15.7 Å². The fraction of sp³-hybridized carbons (Fsp3) is 0.533. The maximum Gasteiger partial charge on any atom is 0.373 e. The smallest absolute Gasteiger partial charge is 0.373 e. The number of nitrogens with one attached hydrogen (secondary N) is 1. The van der Waals surface area contributed by atoms with E-state index in [1.165, 1.54) is 23.1 Å². The lowest BCUT2D eigenvalue weighted by Gasteiger charge is -2.49. The number of fused-ring (bicyclic) bond motifs is 1. The van der Waals surface area contributed by atoms with Gasteiger partial charge >= 0.3 is 11.2 Å². The largest absolute Gasteiger partial charge is 0.477 e. The van der Waals surface area contributed by atoms with E-state index in [2.05, 4.69) is 10.2 Å². The normalized spacial score (nSPS) is 21.2. The van der Waals surface area contributed by atoms with Crippen LogP contribution in [-0.2, 0) is 24.2 Å². The quantitative estimate of drug-likeness (QED) is 0.343. The first kappa shape index (κ1) is 24.8. The number of nitrogens with zero attached hydrogens (tertiary/aromatic N) is 3. The maximum absolute atomic E-state index is 13.1. The molecule has 2 N–H and O–H groups in total. The molecule has 17 heteroatoms. The number of aryl methyl sites for hydroxylation is 1. The first-order chi connectivity index (χ1) is 14.9. The summed E-state index contributed by atoms with van der Waals surface area (Å²) in [5.41, 5.74) is 0.189. The van der Waals surface area contributed by atoms with Gasteiger partial charge in [0.25, 0.3) is 5.91 Å². The molecule has 0 spiro atoms. The minimum Gasteiger partial charge on any atom is -0.477 e. The van der Waals surface area contributed by atoms with Crippen molar-refractivity contribution in [1.82, 2.24) is 20.4 Å². The third-order valence-electron chi connectivity index (χ3n) is 4.38. The molecule has 3 heterocycles. The lowest BCUT2D eigenvalue weighted by molar-refractivity contribution is -0.150. The topological polar surface area (TPSA) is 147 Å². The predicted octanol–water partition coefficient (Wildman–Crippen LogP) is 0.654. The number of β-lactam (4-membered cyclic amide) rings is 1. The summed E-state index contributed by atoms with van der Waals surface area (Å²) in [6.07, 6.45) is 0. The van der Waals surface area contributed by atoms with E-state index in [1.807, 2.05) is 5.32 Å². The Balaban J connectivity index is 1.69. The molecule has 0 aliphatic carbocycles. The number of aliphatic carboxylic acids is 1. The second kappa shape index (κ2) is 9.18. The van der Waals surface area contributed by atoms with E-state index in [4.69, 9.17) is 0 Å². The molecule has 2 aliphatic rings. The van der Waals surface area contributed by atoms with Crippen molar-refractivity contribution in [2.24, 2.45) is 0 Å². The Labute approximate surface area is 191 Å². The van der Waals surface area contributed by atoms with Crippen LogP contribution in [0.15, 0.2) is 15.6 Å². The molecular formula is C15H15F3N4O6S4. The van der Waals surface area contributed by atoms with Gasteiger partial charge in [0, 0.05) is 11.5 Å². The Kier molecular flexibility index (Phi) is 7.11. The van der Waals surface area contributed by atoms with Crippen molar-refractivity contribution in [3.63, 3.8) is 0 Å². The highest BCUT2D eigenvalue weighted by molar-refractivity contribution is 8.01. The minimum atomic E-state index is -5.42. The first-order valence-electron chi connectivity index (χ1n) is 8.66. The van der Waals surface area contributed by atoms with Gasteiger partial charge < -0.3 is 10.4 Å². The zero-order chi connectivity index (χ0) is 23.8. The summed E-state index contributed by atoms with van der Waals surface area (Å²) in [6, 6.07) is -1.30. The standard InChI is InChI=1S/C15H15F3N4O6S4/c1-6-20-21-14(31-6)30-3-7-2-29-12-9(11(24)22(12)10(7)13(25)26)19-8(23)4-32(27,28)15(17,18)5-16/h9,12H,2-5H2,1H3,(H,19,23)(H,25,26)/t9?,12-/m0/s1. The number of carbonyl (C=O) groups is 3. The third-order valence-corrected chi connectivity index (χ3v) is 9.43. The Morgan fingerprint density at radius 3 is 2.62 bits per heavy atom. The Bertz CT molecular complexity index is 1090. The molecule has 2 amide bonds. The van der Waals surface area contributed by atoms with E-state index in [-0.39, 0.29) is 17.2 Å². The van der Waals surface area contributed by atoms with Crippen LogP contribution in [0.25, 0.3) is 0 Å². The Morgan fingerprint density at radius 1 is 1.38 bits per heavy atom. The molecule has 0 saturated carbocycles. The summed E-state index contributed by atoms with van der Waals surface area (Å²) < 4.78 is 62.1. The zero-order valence-electron chi connectivity index (χ0n) is 16.1. The monoisotopic (exact) mass is 532 g/mol. The fourth-order valence-corrected chi connectivity index (χ4v) is 6.96. The summed E-state index contributed by atoms with van der Waals surface area (Å²) in [5, 5.41) is 14.6. The van der Waals surface area contributed by atoms with Crippen LogP contribution in [0.2, 0.25) is 0 Å². The van der Waals surface area contributed by atoms with Crippen molar-refractivity contribution in [2.45, 2.75) is 27.9 Å². The average molecular weight is 533 g/mol. The fourth-order valence-electron chi connectivity index (χ4n) is 2.86. The zero-order valence-corrected chi connectivity index (χ0v) is 19.3. The number of carboxylic acid groups (broad SMARTS) is 1.